The first-order valence-corrected chi connectivity index (χ1v) is 10.4. The van der Waals surface area contributed by atoms with E-state index in [9.17, 15) is 9.59 Å². The van der Waals surface area contributed by atoms with E-state index in [4.69, 9.17) is 16.1 Å². The number of carbonyl (C=O) groups is 2. The van der Waals surface area contributed by atoms with Crippen molar-refractivity contribution in [1.29, 1.82) is 0 Å². The quantitative estimate of drug-likeness (QED) is 0.278. The van der Waals surface area contributed by atoms with Gasteiger partial charge in [0.15, 0.2) is 17.3 Å². The van der Waals surface area contributed by atoms with Crippen molar-refractivity contribution in [3.8, 4) is 11.5 Å². The molecule has 0 saturated carbocycles. The first-order valence-electron chi connectivity index (χ1n) is 10.4. The summed E-state index contributed by atoms with van der Waals surface area (Å²) >= 11 is 0. The molecule has 0 bridgehead atoms. The molecule has 4 aromatic rings. The molecule has 1 atom stereocenters. The minimum atomic E-state index is -0.630. The van der Waals surface area contributed by atoms with Gasteiger partial charge in [-0.25, -0.2) is 9.61 Å². The van der Waals surface area contributed by atoms with Crippen molar-refractivity contribution in [3.05, 3.63) is 54.1 Å². The third-order valence-electron chi connectivity index (χ3n) is 4.98. The molecule has 0 saturated heterocycles. The van der Waals surface area contributed by atoms with Crippen molar-refractivity contribution in [2.45, 2.75) is 19.5 Å². The van der Waals surface area contributed by atoms with E-state index in [1.54, 1.807) is 35.8 Å². The van der Waals surface area contributed by atoms with E-state index in [1.165, 1.54) is 0 Å². The van der Waals surface area contributed by atoms with E-state index in [0.717, 1.165) is 5.52 Å². The van der Waals surface area contributed by atoms with Gasteiger partial charge < -0.3 is 26.7 Å². The second kappa shape index (κ2) is 9.59. The monoisotopic (exact) mass is 448 g/mol. The standard InChI is InChI=1S/C22H24N8O3/c1-13(24)22(32)26-15-8-6-14(7-9-15)18(31)12-30-17-5-3-2-4-16(17)27-21(30)19-20(25-11-10-23)29-33-28-19/h2-9,13H,10-12,23-24H2,1H3,(H,25,29)(H,26,32). The molecule has 6 N–H and O–H groups in total. The Balaban J connectivity index is 1.63. The Bertz CT molecular complexity index is 1280. The number of para-hydroxylation sites is 2. The van der Waals surface area contributed by atoms with Crippen molar-refractivity contribution in [3.63, 3.8) is 0 Å². The number of nitrogens with one attached hydrogen (secondary N) is 2. The molecule has 0 fully saturated rings. The molecular formula is C22H24N8O3. The van der Waals surface area contributed by atoms with E-state index >= 15 is 0 Å². The molecular weight excluding hydrogens is 424 g/mol. The molecule has 0 aliphatic heterocycles. The van der Waals surface area contributed by atoms with Gasteiger partial charge in [0.05, 0.1) is 23.6 Å². The first kappa shape index (κ1) is 22.1. The predicted molar refractivity (Wildman–Crippen MR) is 124 cm³/mol. The van der Waals surface area contributed by atoms with E-state index < -0.39 is 6.04 Å². The molecule has 0 spiro atoms. The Morgan fingerprint density at radius 2 is 1.88 bits per heavy atom. The summed E-state index contributed by atoms with van der Waals surface area (Å²) in [5.41, 5.74) is 14.1. The molecule has 2 heterocycles. The number of nitrogens with zero attached hydrogens (tertiary/aromatic N) is 4. The summed E-state index contributed by atoms with van der Waals surface area (Å²) in [6.45, 7) is 2.50. The van der Waals surface area contributed by atoms with Gasteiger partial charge in [-0.2, -0.15) is 0 Å². The highest BCUT2D eigenvalue weighted by Crippen LogP contribution is 2.28. The van der Waals surface area contributed by atoms with Gasteiger partial charge in [-0.3, -0.25) is 9.59 Å². The molecule has 0 aliphatic rings. The van der Waals surface area contributed by atoms with Gasteiger partial charge >= 0.3 is 0 Å². The smallest absolute Gasteiger partial charge is 0.240 e. The number of benzene rings is 2. The molecule has 1 amide bonds. The molecule has 11 heteroatoms. The second-order valence-corrected chi connectivity index (χ2v) is 7.47. The van der Waals surface area contributed by atoms with Crippen molar-refractivity contribution in [2.75, 3.05) is 23.7 Å². The average Bonchev–Trinajstić information content (AvgIpc) is 3.42. The maximum Gasteiger partial charge on any atom is 0.240 e. The number of nitrogens with two attached hydrogens (primary N) is 2. The SMILES string of the molecule is CC(N)C(=O)Nc1ccc(C(=O)Cn2c(-c3nonc3NCCN)nc3ccccc32)cc1. The van der Waals surface area contributed by atoms with Crippen molar-refractivity contribution < 1.29 is 14.2 Å². The van der Waals surface area contributed by atoms with Crippen LogP contribution in [0.15, 0.2) is 53.2 Å². The maximum absolute atomic E-state index is 13.1. The second-order valence-electron chi connectivity index (χ2n) is 7.47. The van der Waals surface area contributed by atoms with Crippen LogP contribution in [0, 0.1) is 0 Å². The summed E-state index contributed by atoms with van der Waals surface area (Å²) in [6.07, 6.45) is 0. The largest absolute Gasteiger partial charge is 0.364 e. The lowest BCUT2D eigenvalue weighted by Crippen LogP contribution is -2.32. The van der Waals surface area contributed by atoms with Gasteiger partial charge in [-0.1, -0.05) is 12.1 Å². The minimum Gasteiger partial charge on any atom is -0.364 e. The lowest BCUT2D eigenvalue weighted by atomic mass is 10.1. The zero-order valence-corrected chi connectivity index (χ0v) is 18.0. The lowest BCUT2D eigenvalue weighted by Gasteiger charge is -2.10. The molecule has 1 unspecified atom stereocenters. The first-order chi connectivity index (χ1) is 16.0. The number of carbonyl (C=O) groups excluding carboxylic acids is 2. The minimum absolute atomic E-state index is 0.0184. The van der Waals surface area contributed by atoms with Gasteiger partial charge in [0.2, 0.25) is 11.7 Å². The van der Waals surface area contributed by atoms with Crippen LogP contribution < -0.4 is 22.1 Å². The number of hydrogen-bond acceptors (Lipinski definition) is 9. The Labute approximate surface area is 189 Å². The van der Waals surface area contributed by atoms with Gasteiger partial charge in [0, 0.05) is 24.3 Å². The zero-order valence-electron chi connectivity index (χ0n) is 18.0. The predicted octanol–water partition coefficient (Wildman–Crippen LogP) is 1.63. The van der Waals surface area contributed by atoms with Crippen LogP contribution in [-0.4, -0.2) is 50.7 Å². The van der Waals surface area contributed by atoms with Crippen LogP contribution in [0.2, 0.25) is 0 Å². The van der Waals surface area contributed by atoms with E-state index in [0.29, 0.717) is 47.2 Å². The highest BCUT2D eigenvalue weighted by molar-refractivity contribution is 5.99. The van der Waals surface area contributed by atoms with Crippen LogP contribution in [0.3, 0.4) is 0 Å². The van der Waals surface area contributed by atoms with Crippen LogP contribution in [-0.2, 0) is 11.3 Å². The fourth-order valence-corrected chi connectivity index (χ4v) is 3.29. The van der Waals surface area contributed by atoms with Gasteiger partial charge in [0.1, 0.15) is 0 Å². The van der Waals surface area contributed by atoms with Crippen LogP contribution >= 0.6 is 0 Å². The fourth-order valence-electron chi connectivity index (χ4n) is 3.29. The van der Waals surface area contributed by atoms with Crippen LogP contribution in [0.4, 0.5) is 11.5 Å². The molecule has 170 valence electrons. The van der Waals surface area contributed by atoms with Crippen LogP contribution in [0.25, 0.3) is 22.6 Å². The van der Waals surface area contributed by atoms with Crippen molar-refractivity contribution >= 4 is 34.2 Å². The molecule has 0 radical (unpaired) electrons. The van der Waals surface area contributed by atoms with Crippen LogP contribution in [0.1, 0.15) is 17.3 Å². The molecule has 4 rings (SSSR count). The summed E-state index contributed by atoms with van der Waals surface area (Å²) in [4.78, 5) is 29.5. The number of rotatable bonds is 9. The topological polar surface area (TPSA) is 167 Å². The summed E-state index contributed by atoms with van der Waals surface area (Å²) in [5, 5.41) is 13.6. The number of aromatic nitrogens is 4. The lowest BCUT2D eigenvalue weighted by molar-refractivity contribution is -0.117. The van der Waals surface area contributed by atoms with E-state index in [2.05, 4.69) is 25.9 Å². The van der Waals surface area contributed by atoms with Gasteiger partial charge in [-0.15, -0.1) is 0 Å². The summed E-state index contributed by atoms with van der Waals surface area (Å²) in [6, 6.07) is 13.5. The van der Waals surface area contributed by atoms with Crippen molar-refractivity contribution in [1.82, 2.24) is 19.9 Å². The Hall–Kier alpha value is -4.09. The number of hydrogen-bond donors (Lipinski definition) is 4. The summed E-state index contributed by atoms with van der Waals surface area (Å²) in [7, 11) is 0. The summed E-state index contributed by atoms with van der Waals surface area (Å²) in [5.74, 6) is 0.408. The van der Waals surface area contributed by atoms with Gasteiger partial charge in [0.25, 0.3) is 0 Å². The molecule has 33 heavy (non-hydrogen) atoms. The number of imidazole rings is 1. The van der Waals surface area contributed by atoms with Crippen LogP contribution in [0.5, 0.6) is 0 Å². The third kappa shape index (κ3) is 4.73. The molecule has 2 aromatic heterocycles. The fraction of sp³-hybridized carbons (Fsp3) is 0.227. The third-order valence-corrected chi connectivity index (χ3v) is 4.98. The molecule has 11 nitrogen and oxygen atoms in total. The van der Waals surface area contributed by atoms with E-state index in [1.807, 2.05) is 24.3 Å². The highest BCUT2D eigenvalue weighted by Gasteiger charge is 2.22. The molecule has 2 aromatic carbocycles. The number of Topliss-reactive ketones (excluding diaryl/α,β-unsaturated/α-hetero) is 1. The molecule has 0 aliphatic carbocycles. The Morgan fingerprint density at radius 1 is 1.12 bits per heavy atom. The Morgan fingerprint density at radius 3 is 2.61 bits per heavy atom. The average molecular weight is 448 g/mol. The van der Waals surface area contributed by atoms with E-state index in [-0.39, 0.29) is 18.2 Å². The Kier molecular flexibility index (Phi) is 6.43. The normalized spacial score (nSPS) is 12.0. The maximum atomic E-state index is 13.1. The summed E-state index contributed by atoms with van der Waals surface area (Å²) < 4.78 is 6.69. The van der Waals surface area contributed by atoms with Crippen molar-refractivity contribution in [2.24, 2.45) is 11.5 Å². The highest BCUT2D eigenvalue weighted by atomic mass is 16.6. The number of ketones is 1. The number of amides is 1. The number of anilines is 2. The number of fused-ring (bicyclic) bond motifs is 1. The van der Waals surface area contributed by atoms with Gasteiger partial charge in [-0.05, 0) is 53.6 Å². The zero-order chi connectivity index (χ0) is 23.4.